The van der Waals surface area contributed by atoms with E-state index in [1.165, 1.54) is 16.4 Å². The van der Waals surface area contributed by atoms with Gasteiger partial charge in [-0.15, -0.1) is 11.3 Å². The summed E-state index contributed by atoms with van der Waals surface area (Å²) < 4.78 is 27.5. The molecule has 3 aromatic rings. The highest BCUT2D eigenvalue weighted by Gasteiger charge is 2.27. The molecule has 0 unspecified atom stereocenters. The van der Waals surface area contributed by atoms with Crippen molar-refractivity contribution in [2.75, 3.05) is 38.5 Å². The van der Waals surface area contributed by atoms with Crippen molar-refractivity contribution < 1.29 is 13.2 Å². The molecule has 1 amide bonds. The summed E-state index contributed by atoms with van der Waals surface area (Å²) in [5, 5.41) is 4.81. The maximum Gasteiger partial charge on any atom is 0.255 e. The highest BCUT2D eigenvalue weighted by Crippen LogP contribution is 2.20. The van der Waals surface area contributed by atoms with Crippen LogP contribution in [0.15, 0.2) is 70.9 Å². The Morgan fingerprint density at radius 1 is 0.969 bits per heavy atom. The van der Waals surface area contributed by atoms with E-state index < -0.39 is 10.0 Å². The molecule has 0 spiro atoms. The molecule has 1 N–H and O–H groups in total. The lowest BCUT2D eigenvalue weighted by atomic mass is 10.1. The molecular formula is C24H23N3O3S2. The van der Waals surface area contributed by atoms with Crippen LogP contribution in [0.3, 0.4) is 0 Å². The van der Waals surface area contributed by atoms with Crippen molar-refractivity contribution in [1.82, 2.24) is 9.21 Å². The average Bonchev–Trinajstić information content (AvgIpc) is 3.32. The zero-order valence-electron chi connectivity index (χ0n) is 17.6. The van der Waals surface area contributed by atoms with Crippen molar-refractivity contribution in [2.24, 2.45) is 0 Å². The molecule has 0 saturated carbocycles. The van der Waals surface area contributed by atoms with Gasteiger partial charge in [-0.05, 0) is 54.9 Å². The lowest BCUT2D eigenvalue weighted by molar-refractivity contribution is 0.102. The fourth-order valence-electron chi connectivity index (χ4n) is 3.34. The Balaban J connectivity index is 1.49. The van der Waals surface area contributed by atoms with Crippen molar-refractivity contribution in [3.8, 4) is 11.8 Å². The molecule has 6 nitrogen and oxygen atoms in total. The third-order valence-corrected chi connectivity index (χ3v) is 7.85. The Morgan fingerprint density at radius 3 is 2.50 bits per heavy atom. The number of sulfonamides is 1. The molecule has 1 aromatic heterocycles. The van der Waals surface area contributed by atoms with Gasteiger partial charge in [-0.2, -0.15) is 4.31 Å². The van der Waals surface area contributed by atoms with E-state index in [1.807, 2.05) is 36.7 Å². The van der Waals surface area contributed by atoms with Crippen molar-refractivity contribution in [3.05, 3.63) is 82.0 Å². The van der Waals surface area contributed by atoms with E-state index in [2.05, 4.69) is 22.1 Å². The highest BCUT2D eigenvalue weighted by molar-refractivity contribution is 7.89. The van der Waals surface area contributed by atoms with E-state index in [-0.39, 0.29) is 16.4 Å². The number of nitrogens with one attached hydrogen (secondary N) is 1. The summed E-state index contributed by atoms with van der Waals surface area (Å²) in [6.45, 7) is 2.25. The van der Waals surface area contributed by atoms with E-state index in [9.17, 15) is 13.2 Å². The molecule has 1 aliphatic rings. The van der Waals surface area contributed by atoms with Crippen LogP contribution in [0.4, 0.5) is 5.69 Å². The Labute approximate surface area is 192 Å². The smallest absolute Gasteiger partial charge is 0.255 e. The van der Waals surface area contributed by atoms with Crippen LogP contribution < -0.4 is 5.32 Å². The summed E-state index contributed by atoms with van der Waals surface area (Å²) in [6.07, 6.45) is 0. The predicted octanol–water partition coefficient (Wildman–Crippen LogP) is 3.34. The van der Waals surface area contributed by atoms with Crippen LogP contribution in [-0.4, -0.2) is 56.8 Å². The first-order valence-corrected chi connectivity index (χ1v) is 12.5. The summed E-state index contributed by atoms with van der Waals surface area (Å²) in [7, 11) is -1.67. The molecule has 0 atom stereocenters. The zero-order valence-corrected chi connectivity index (χ0v) is 19.2. The summed E-state index contributed by atoms with van der Waals surface area (Å²) in [4.78, 5) is 16.0. The van der Waals surface area contributed by atoms with E-state index in [4.69, 9.17) is 0 Å². The fraction of sp³-hybridized carbons (Fsp3) is 0.208. The van der Waals surface area contributed by atoms with Gasteiger partial charge in [0.15, 0.2) is 0 Å². The number of amides is 1. The van der Waals surface area contributed by atoms with E-state index in [0.29, 0.717) is 31.9 Å². The van der Waals surface area contributed by atoms with Gasteiger partial charge < -0.3 is 10.2 Å². The van der Waals surface area contributed by atoms with Gasteiger partial charge in [0.2, 0.25) is 10.0 Å². The maximum absolute atomic E-state index is 13.0. The highest BCUT2D eigenvalue weighted by atomic mass is 32.2. The summed E-state index contributed by atoms with van der Waals surface area (Å²) >= 11 is 1.57. The molecule has 1 fully saturated rings. The van der Waals surface area contributed by atoms with Gasteiger partial charge in [0.1, 0.15) is 0 Å². The normalized spacial score (nSPS) is 15.0. The van der Waals surface area contributed by atoms with Crippen molar-refractivity contribution in [3.63, 3.8) is 0 Å². The number of nitrogens with zero attached hydrogens (tertiary/aromatic N) is 2. The molecule has 1 saturated heterocycles. The van der Waals surface area contributed by atoms with E-state index in [1.54, 1.807) is 35.6 Å². The number of likely N-dealkylation sites (N-methyl/N-ethyl adjacent to an activating group) is 1. The molecule has 2 aromatic carbocycles. The van der Waals surface area contributed by atoms with Gasteiger partial charge in [0, 0.05) is 43.0 Å². The average molecular weight is 466 g/mol. The minimum Gasteiger partial charge on any atom is -0.322 e. The standard InChI is InChI=1S/C24H23N3O3S2/c1-26-12-14-27(15-13-26)32(29,30)23-9-3-6-20(18-23)24(28)25-21-7-2-5-19(17-21)10-11-22-8-4-16-31-22/h2-9,16-18H,12-15H2,1H3,(H,25,28). The molecule has 164 valence electrons. The van der Waals surface area contributed by atoms with Crippen LogP contribution in [0.25, 0.3) is 0 Å². The summed E-state index contributed by atoms with van der Waals surface area (Å²) in [5.74, 6) is 5.81. The number of rotatable bonds is 4. The monoisotopic (exact) mass is 465 g/mol. The SMILES string of the molecule is CN1CCN(S(=O)(=O)c2cccc(C(=O)Nc3cccc(C#Cc4cccs4)c3)c2)CC1. The molecular weight excluding hydrogens is 442 g/mol. The summed E-state index contributed by atoms with van der Waals surface area (Å²) in [5.41, 5.74) is 1.66. The van der Waals surface area contributed by atoms with Crippen molar-refractivity contribution in [2.45, 2.75) is 4.90 Å². The second kappa shape index (κ2) is 9.67. The lowest BCUT2D eigenvalue weighted by Gasteiger charge is -2.31. The third-order valence-electron chi connectivity index (χ3n) is 5.17. The van der Waals surface area contributed by atoms with E-state index in [0.717, 1.165) is 10.4 Å². The fourth-order valence-corrected chi connectivity index (χ4v) is 5.38. The number of carbonyl (C=O) groups is 1. The Bertz CT molecular complexity index is 1270. The largest absolute Gasteiger partial charge is 0.322 e. The number of anilines is 1. The Kier molecular flexibility index (Phi) is 6.72. The molecule has 0 bridgehead atoms. The Hall–Kier alpha value is -2.96. The zero-order chi connectivity index (χ0) is 22.6. The van der Waals surface area contributed by atoms with Crippen LogP contribution >= 0.6 is 11.3 Å². The van der Waals surface area contributed by atoms with Gasteiger partial charge in [0.05, 0.1) is 9.77 Å². The van der Waals surface area contributed by atoms with Gasteiger partial charge >= 0.3 is 0 Å². The molecule has 2 heterocycles. The van der Waals surface area contributed by atoms with Crippen molar-refractivity contribution in [1.29, 1.82) is 0 Å². The van der Waals surface area contributed by atoms with Crippen LogP contribution in [0, 0.1) is 11.8 Å². The molecule has 1 aliphatic heterocycles. The number of piperazine rings is 1. The Morgan fingerprint density at radius 2 is 1.75 bits per heavy atom. The second-order valence-electron chi connectivity index (χ2n) is 7.50. The predicted molar refractivity (Wildman–Crippen MR) is 127 cm³/mol. The summed E-state index contributed by atoms with van der Waals surface area (Å²) in [6, 6.07) is 17.3. The first-order chi connectivity index (χ1) is 15.4. The van der Waals surface area contributed by atoms with Gasteiger partial charge in [-0.3, -0.25) is 4.79 Å². The second-order valence-corrected chi connectivity index (χ2v) is 10.4. The topological polar surface area (TPSA) is 69.7 Å². The quantitative estimate of drug-likeness (QED) is 0.600. The van der Waals surface area contributed by atoms with Gasteiger partial charge in [-0.25, -0.2) is 8.42 Å². The molecule has 0 aliphatic carbocycles. The number of hydrogen-bond donors (Lipinski definition) is 1. The van der Waals surface area contributed by atoms with Gasteiger partial charge in [0.25, 0.3) is 5.91 Å². The van der Waals surface area contributed by atoms with Gasteiger partial charge in [-0.1, -0.05) is 30.0 Å². The number of benzene rings is 2. The maximum atomic E-state index is 13.0. The number of carbonyl (C=O) groups excluding carboxylic acids is 1. The first-order valence-electron chi connectivity index (χ1n) is 10.2. The third kappa shape index (κ3) is 5.26. The van der Waals surface area contributed by atoms with Crippen LogP contribution in [0.2, 0.25) is 0 Å². The minimum atomic E-state index is -3.64. The number of hydrogen-bond acceptors (Lipinski definition) is 5. The first kappa shape index (κ1) is 22.2. The van der Waals surface area contributed by atoms with E-state index >= 15 is 0 Å². The van der Waals surface area contributed by atoms with Crippen LogP contribution in [0.1, 0.15) is 20.8 Å². The molecule has 0 radical (unpaired) electrons. The van der Waals surface area contributed by atoms with Crippen molar-refractivity contribution >= 4 is 33.0 Å². The molecule has 8 heteroatoms. The molecule has 32 heavy (non-hydrogen) atoms. The number of thiophene rings is 1. The van der Waals surface area contributed by atoms with Crippen LogP contribution in [0.5, 0.6) is 0 Å². The van der Waals surface area contributed by atoms with Crippen LogP contribution in [-0.2, 0) is 10.0 Å². The lowest BCUT2D eigenvalue weighted by Crippen LogP contribution is -2.47. The molecule has 4 rings (SSSR count). The minimum absolute atomic E-state index is 0.130.